The van der Waals surface area contributed by atoms with Crippen molar-refractivity contribution in [2.75, 3.05) is 5.32 Å². The van der Waals surface area contributed by atoms with Crippen LogP contribution < -0.4 is 10.1 Å². The normalized spacial score (nSPS) is 10.5. The van der Waals surface area contributed by atoms with Crippen LogP contribution >= 0.6 is 0 Å². The van der Waals surface area contributed by atoms with E-state index in [2.05, 4.69) is 15.0 Å². The van der Waals surface area contributed by atoms with Crippen molar-refractivity contribution in [1.29, 1.82) is 0 Å². The van der Waals surface area contributed by atoms with Gasteiger partial charge in [-0.05, 0) is 24.3 Å². The smallest absolute Gasteiger partial charge is 0.387 e. The number of carbonyl (C=O) groups excluding carboxylic acids is 1. The molecule has 1 N–H and O–H groups in total. The number of anilines is 1. The summed E-state index contributed by atoms with van der Waals surface area (Å²) in [5.41, 5.74) is 0.506. The summed E-state index contributed by atoms with van der Waals surface area (Å²) in [6, 6.07) is 5.70. The highest BCUT2D eigenvalue weighted by atomic mass is 19.3. The zero-order valence-corrected chi connectivity index (χ0v) is 9.79. The number of benzene rings is 1. The van der Waals surface area contributed by atoms with Gasteiger partial charge in [0.15, 0.2) is 0 Å². The standard InChI is InChI=1S/C12H11F2N3O2/c13-12(14)19-10-3-1-9(2-4-10)16-11(18)7-17-6-5-15-8-17/h1-6,8,12H,7H2,(H,16,18). The summed E-state index contributed by atoms with van der Waals surface area (Å²) in [4.78, 5) is 15.4. The van der Waals surface area contributed by atoms with Gasteiger partial charge in [0.25, 0.3) is 0 Å². The Labute approximate surface area is 107 Å². The van der Waals surface area contributed by atoms with E-state index < -0.39 is 6.61 Å². The van der Waals surface area contributed by atoms with E-state index in [0.717, 1.165) is 0 Å². The molecule has 2 aromatic rings. The predicted molar refractivity (Wildman–Crippen MR) is 63.9 cm³/mol. The Balaban J connectivity index is 1.90. The Morgan fingerprint density at radius 1 is 1.37 bits per heavy atom. The van der Waals surface area contributed by atoms with Gasteiger partial charge >= 0.3 is 6.61 Å². The number of nitrogens with one attached hydrogen (secondary N) is 1. The number of rotatable bonds is 5. The second-order valence-corrected chi connectivity index (χ2v) is 3.69. The maximum atomic E-state index is 11.9. The Kier molecular flexibility index (Phi) is 4.07. The van der Waals surface area contributed by atoms with Gasteiger partial charge in [-0.25, -0.2) is 4.98 Å². The van der Waals surface area contributed by atoms with Gasteiger partial charge in [0, 0.05) is 18.1 Å². The van der Waals surface area contributed by atoms with Crippen LogP contribution in [0.15, 0.2) is 43.0 Å². The van der Waals surface area contributed by atoms with Gasteiger partial charge in [-0.15, -0.1) is 0 Å². The first-order valence-corrected chi connectivity index (χ1v) is 5.44. The molecule has 0 aliphatic rings. The molecular formula is C12H11F2N3O2. The Morgan fingerprint density at radius 3 is 2.68 bits per heavy atom. The number of hydrogen-bond acceptors (Lipinski definition) is 3. The summed E-state index contributed by atoms with van der Waals surface area (Å²) < 4.78 is 29.7. The van der Waals surface area contributed by atoms with Crippen LogP contribution in [0.3, 0.4) is 0 Å². The van der Waals surface area contributed by atoms with Crippen LogP contribution in [0.4, 0.5) is 14.5 Å². The zero-order chi connectivity index (χ0) is 13.7. The van der Waals surface area contributed by atoms with Gasteiger partial charge in [-0.1, -0.05) is 0 Å². The van der Waals surface area contributed by atoms with Gasteiger partial charge in [-0.2, -0.15) is 8.78 Å². The molecule has 5 nitrogen and oxygen atoms in total. The molecule has 0 saturated carbocycles. The molecule has 1 amide bonds. The summed E-state index contributed by atoms with van der Waals surface area (Å²) in [5.74, 6) is -0.192. The lowest BCUT2D eigenvalue weighted by atomic mass is 10.3. The largest absolute Gasteiger partial charge is 0.435 e. The minimum absolute atomic E-state index is 0.0441. The highest BCUT2D eigenvalue weighted by molar-refractivity contribution is 5.90. The number of imidazole rings is 1. The Bertz CT molecular complexity index is 526. The van der Waals surface area contributed by atoms with Crippen molar-refractivity contribution >= 4 is 11.6 Å². The first kappa shape index (κ1) is 13.0. The third-order valence-electron chi connectivity index (χ3n) is 2.25. The third kappa shape index (κ3) is 4.06. The number of hydrogen-bond donors (Lipinski definition) is 1. The lowest BCUT2D eigenvalue weighted by Gasteiger charge is -2.07. The average molecular weight is 267 g/mol. The van der Waals surface area contributed by atoms with Crippen LogP contribution in [0.5, 0.6) is 5.75 Å². The summed E-state index contributed by atoms with van der Waals surface area (Å²) in [6.07, 6.45) is 4.77. The number of halogens is 2. The second-order valence-electron chi connectivity index (χ2n) is 3.69. The molecular weight excluding hydrogens is 256 g/mol. The lowest BCUT2D eigenvalue weighted by molar-refractivity contribution is -0.116. The fraction of sp³-hybridized carbons (Fsp3) is 0.167. The summed E-state index contributed by atoms with van der Waals surface area (Å²) in [7, 11) is 0. The van der Waals surface area contributed by atoms with Crippen molar-refractivity contribution in [2.24, 2.45) is 0 Å². The van der Waals surface area contributed by atoms with Gasteiger partial charge in [0.2, 0.25) is 5.91 Å². The minimum Gasteiger partial charge on any atom is -0.435 e. The van der Waals surface area contributed by atoms with Crippen molar-refractivity contribution < 1.29 is 18.3 Å². The zero-order valence-electron chi connectivity index (χ0n) is 9.79. The molecule has 0 saturated heterocycles. The SMILES string of the molecule is O=C(Cn1ccnc1)Nc1ccc(OC(F)F)cc1. The van der Waals surface area contributed by atoms with Crippen LogP contribution in [0, 0.1) is 0 Å². The fourth-order valence-corrected chi connectivity index (χ4v) is 1.47. The molecule has 0 spiro atoms. The van der Waals surface area contributed by atoms with E-state index >= 15 is 0 Å². The van der Waals surface area contributed by atoms with E-state index in [-0.39, 0.29) is 18.2 Å². The first-order valence-electron chi connectivity index (χ1n) is 5.44. The van der Waals surface area contributed by atoms with Gasteiger partial charge < -0.3 is 14.6 Å². The lowest BCUT2D eigenvalue weighted by Crippen LogP contribution is -2.17. The molecule has 0 unspecified atom stereocenters. The van der Waals surface area contributed by atoms with Gasteiger partial charge in [-0.3, -0.25) is 4.79 Å². The first-order chi connectivity index (χ1) is 9.13. The molecule has 7 heteroatoms. The number of nitrogens with zero attached hydrogens (tertiary/aromatic N) is 2. The van der Waals surface area contributed by atoms with Crippen LogP contribution in [0.1, 0.15) is 0 Å². The predicted octanol–water partition coefficient (Wildman–Crippen LogP) is 2.12. The van der Waals surface area contributed by atoms with Crippen molar-refractivity contribution in [3.05, 3.63) is 43.0 Å². The molecule has 0 aliphatic carbocycles. The van der Waals surface area contributed by atoms with Crippen molar-refractivity contribution in [1.82, 2.24) is 9.55 Å². The summed E-state index contributed by atoms with van der Waals surface area (Å²) in [5, 5.41) is 2.63. The number of alkyl halides is 2. The molecule has 1 aromatic heterocycles. The van der Waals surface area contributed by atoms with Gasteiger partial charge in [0.05, 0.1) is 6.33 Å². The number of ether oxygens (including phenoxy) is 1. The van der Waals surface area contributed by atoms with Crippen molar-refractivity contribution in [2.45, 2.75) is 13.2 Å². The van der Waals surface area contributed by atoms with E-state index in [0.29, 0.717) is 5.69 Å². The minimum atomic E-state index is -2.86. The van der Waals surface area contributed by atoms with Crippen molar-refractivity contribution in [3.63, 3.8) is 0 Å². The molecule has 100 valence electrons. The number of carbonyl (C=O) groups is 1. The molecule has 2 rings (SSSR count). The molecule has 0 bridgehead atoms. The molecule has 19 heavy (non-hydrogen) atoms. The monoisotopic (exact) mass is 267 g/mol. The second kappa shape index (κ2) is 5.94. The fourth-order valence-electron chi connectivity index (χ4n) is 1.47. The maximum Gasteiger partial charge on any atom is 0.387 e. The van der Waals surface area contributed by atoms with Crippen LogP contribution in [0.25, 0.3) is 0 Å². The van der Waals surface area contributed by atoms with E-state index in [1.807, 2.05) is 0 Å². The number of aromatic nitrogens is 2. The molecule has 0 radical (unpaired) electrons. The highest BCUT2D eigenvalue weighted by Gasteiger charge is 2.06. The Morgan fingerprint density at radius 2 is 2.11 bits per heavy atom. The molecule has 0 atom stereocenters. The summed E-state index contributed by atoms with van der Waals surface area (Å²) >= 11 is 0. The van der Waals surface area contributed by atoms with E-state index in [1.54, 1.807) is 17.0 Å². The Hall–Kier alpha value is -2.44. The molecule has 1 heterocycles. The average Bonchev–Trinajstić information content (AvgIpc) is 2.83. The van der Waals surface area contributed by atoms with Gasteiger partial charge in [0.1, 0.15) is 12.3 Å². The van der Waals surface area contributed by atoms with E-state index in [1.165, 1.54) is 30.6 Å². The van der Waals surface area contributed by atoms with E-state index in [9.17, 15) is 13.6 Å². The van der Waals surface area contributed by atoms with Crippen LogP contribution in [-0.4, -0.2) is 22.1 Å². The van der Waals surface area contributed by atoms with E-state index in [4.69, 9.17) is 0 Å². The quantitative estimate of drug-likeness (QED) is 0.902. The third-order valence-corrected chi connectivity index (χ3v) is 2.25. The molecule has 0 aliphatic heterocycles. The number of amides is 1. The maximum absolute atomic E-state index is 11.9. The summed E-state index contributed by atoms with van der Waals surface area (Å²) in [6.45, 7) is -2.73. The molecule has 0 fully saturated rings. The van der Waals surface area contributed by atoms with Crippen LogP contribution in [0.2, 0.25) is 0 Å². The topological polar surface area (TPSA) is 56.2 Å². The highest BCUT2D eigenvalue weighted by Crippen LogP contribution is 2.17. The molecule has 1 aromatic carbocycles. The van der Waals surface area contributed by atoms with Crippen LogP contribution in [-0.2, 0) is 11.3 Å². The van der Waals surface area contributed by atoms with Crippen molar-refractivity contribution in [3.8, 4) is 5.75 Å².